The minimum absolute atomic E-state index is 0.582. The van der Waals surface area contributed by atoms with Gasteiger partial charge in [0.15, 0.2) is 5.82 Å². The van der Waals surface area contributed by atoms with E-state index in [-0.39, 0.29) is 0 Å². The van der Waals surface area contributed by atoms with Crippen molar-refractivity contribution in [2.45, 2.75) is 0 Å². The Kier molecular flexibility index (Phi) is 2.98. The number of hydrogen-bond acceptors (Lipinski definition) is 5. The second kappa shape index (κ2) is 4.59. The van der Waals surface area contributed by atoms with Crippen LogP contribution in [0.4, 0.5) is 11.6 Å². The lowest BCUT2D eigenvalue weighted by Crippen LogP contribution is -2.10. The molecule has 1 aromatic carbocycles. The fourth-order valence-corrected chi connectivity index (χ4v) is 1.37. The topological polar surface area (TPSA) is 75.9 Å². The molecule has 0 aliphatic carbocycles. The summed E-state index contributed by atoms with van der Waals surface area (Å²) in [6.45, 7) is 0. The number of nitrogen functional groups attached to an aromatic ring is 1. The number of nitrogens with two attached hydrogens (primary N) is 1. The van der Waals surface area contributed by atoms with Gasteiger partial charge in [-0.15, -0.1) is 0 Å². The molecule has 2 rings (SSSR count). The zero-order valence-corrected chi connectivity index (χ0v) is 8.94. The molecule has 1 aromatic heterocycles. The van der Waals surface area contributed by atoms with Crippen molar-refractivity contribution in [3.8, 4) is 11.4 Å². The molecule has 16 heavy (non-hydrogen) atoms. The standard InChI is InChI=1S/C11H13N5/c1-13-9-7-10(16-12)15-11(14-9)8-5-3-2-4-6-8/h2-7H,12H2,1H3,(H2,13,14,15,16). The smallest absolute Gasteiger partial charge is 0.163 e. The summed E-state index contributed by atoms with van der Waals surface area (Å²) in [5, 5.41) is 2.97. The summed E-state index contributed by atoms with van der Waals surface area (Å²) in [5.41, 5.74) is 3.48. The van der Waals surface area contributed by atoms with Gasteiger partial charge in [-0.05, 0) is 0 Å². The van der Waals surface area contributed by atoms with Crippen molar-refractivity contribution < 1.29 is 0 Å². The van der Waals surface area contributed by atoms with Crippen LogP contribution < -0.4 is 16.6 Å². The van der Waals surface area contributed by atoms with Crippen molar-refractivity contribution in [2.75, 3.05) is 17.8 Å². The normalized spacial score (nSPS) is 9.88. The van der Waals surface area contributed by atoms with Crippen molar-refractivity contribution >= 4 is 11.6 Å². The molecule has 0 aliphatic rings. The van der Waals surface area contributed by atoms with Crippen molar-refractivity contribution in [1.29, 1.82) is 0 Å². The zero-order chi connectivity index (χ0) is 11.4. The monoisotopic (exact) mass is 215 g/mol. The second-order valence-electron chi connectivity index (χ2n) is 3.22. The van der Waals surface area contributed by atoms with E-state index in [0.717, 1.165) is 11.4 Å². The molecule has 0 aliphatic heterocycles. The first-order chi connectivity index (χ1) is 7.83. The summed E-state index contributed by atoms with van der Waals surface area (Å²) in [7, 11) is 1.80. The highest BCUT2D eigenvalue weighted by Crippen LogP contribution is 2.18. The average Bonchev–Trinajstić information content (AvgIpc) is 2.39. The lowest BCUT2D eigenvalue weighted by molar-refractivity contribution is 1.14. The lowest BCUT2D eigenvalue weighted by atomic mass is 10.2. The van der Waals surface area contributed by atoms with Crippen LogP contribution in [0.1, 0.15) is 0 Å². The highest BCUT2D eigenvalue weighted by Gasteiger charge is 2.04. The molecule has 5 heteroatoms. The van der Waals surface area contributed by atoms with E-state index in [9.17, 15) is 0 Å². The Morgan fingerprint density at radius 3 is 2.38 bits per heavy atom. The molecule has 0 amide bonds. The third kappa shape index (κ3) is 2.09. The van der Waals surface area contributed by atoms with Gasteiger partial charge in [-0.1, -0.05) is 30.3 Å². The summed E-state index contributed by atoms with van der Waals surface area (Å²) in [5.74, 6) is 7.30. The predicted molar refractivity (Wildman–Crippen MR) is 64.8 cm³/mol. The summed E-state index contributed by atoms with van der Waals surface area (Å²) in [6.07, 6.45) is 0. The number of benzene rings is 1. The largest absolute Gasteiger partial charge is 0.373 e. The quantitative estimate of drug-likeness (QED) is 0.534. The molecule has 0 atom stereocenters. The van der Waals surface area contributed by atoms with Crippen LogP contribution in [0.25, 0.3) is 11.4 Å². The summed E-state index contributed by atoms with van der Waals surface area (Å²) < 4.78 is 0. The number of hydrogen-bond donors (Lipinski definition) is 3. The molecule has 0 spiro atoms. The highest BCUT2D eigenvalue weighted by atomic mass is 15.3. The molecule has 0 radical (unpaired) electrons. The first-order valence-electron chi connectivity index (χ1n) is 4.92. The van der Waals surface area contributed by atoms with Crippen molar-refractivity contribution in [3.05, 3.63) is 36.4 Å². The molecule has 82 valence electrons. The van der Waals surface area contributed by atoms with Crippen LogP contribution in [0.3, 0.4) is 0 Å². The van der Waals surface area contributed by atoms with Crippen molar-refractivity contribution in [3.63, 3.8) is 0 Å². The Balaban J connectivity index is 2.48. The van der Waals surface area contributed by atoms with Crippen molar-refractivity contribution in [1.82, 2.24) is 9.97 Å². The van der Waals surface area contributed by atoms with Crippen LogP contribution in [0, 0.1) is 0 Å². The number of anilines is 2. The van der Waals surface area contributed by atoms with Crippen LogP contribution in [-0.2, 0) is 0 Å². The molecule has 0 bridgehead atoms. The van der Waals surface area contributed by atoms with E-state index in [4.69, 9.17) is 5.84 Å². The van der Waals surface area contributed by atoms with Crippen molar-refractivity contribution in [2.24, 2.45) is 5.84 Å². The Labute approximate surface area is 93.7 Å². The molecular formula is C11H13N5. The molecular weight excluding hydrogens is 202 g/mol. The van der Waals surface area contributed by atoms with E-state index >= 15 is 0 Å². The number of nitrogens with one attached hydrogen (secondary N) is 2. The molecule has 0 fully saturated rings. The Morgan fingerprint density at radius 2 is 1.75 bits per heavy atom. The average molecular weight is 215 g/mol. The zero-order valence-electron chi connectivity index (χ0n) is 8.94. The van der Waals surface area contributed by atoms with Crippen LogP contribution in [0.2, 0.25) is 0 Å². The van der Waals surface area contributed by atoms with E-state index in [1.165, 1.54) is 0 Å². The molecule has 0 unspecified atom stereocenters. The Bertz CT molecular complexity index is 447. The lowest BCUT2D eigenvalue weighted by Gasteiger charge is -2.06. The maximum Gasteiger partial charge on any atom is 0.163 e. The van der Waals surface area contributed by atoms with E-state index < -0.39 is 0 Å². The van der Waals surface area contributed by atoms with Crippen LogP contribution >= 0.6 is 0 Å². The second-order valence-corrected chi connectivity index (χ2v) is 3.22. The highest BCUT2D eigenvalue weighted by molar-refractivity contribution is 5.60. The molecule has 0 saturated heterocycles. The van der Waals surface area contributed by atoms with Gasteiger partial charge in [-0.2, -0.15) is 0 Å². The molecule has 2 aromatic rings. The third-order valence-corrected chi connectivity index (χ3v) is 2.16. The number of nitrogens with zero attached hydrogens (tertiary/aromatic N) is 2. The maximum absolute atomic E-state index is 5.35. The molecule has 5 nitrogen and oxygen atoms in total. The van der Waals surface area contributed by atoms with E-state index in [2.05, 4.69) is 20.7 Å². The fourth-order valence-electron chi connectivity index (χ4n) is 1.37. The van der Waals surface area contributed by atoms with Gasteiger partial charge in [-0.3, -0.25) is 0 Å². The summed E-state index contributed by atoms with van der Waals surface area (Å²) in [4.78, 5) is 8.64. The van der Waals surface area contributed by atoms with Gasteiger partial charge in [0.05, 0.1) is 0 Å². The summed E-state index contributed by atoms with van der Waals surface area (Å²) >= 11 is 0. The SMILES string of the molecule is CNc1cc(NN)nc(-c2ccccc2)n1. The van der Waals surface area contributed by atoms with Crippen LogP contribution in [0.5, 0.6) is 0 Å². The first kappa shape index (κ1) is 10.4. The Hall–Kier alpha value is -2.14. The minimum atomic E-state index is 0.582. The van der Waals surface area contributed by atoms with Gasteiger partial charge in [-0.25, -0.2) is 15.8 Å². The molecule has 0 saturated carbocycles. The molecule has 4 N–H and O–H groups in total. The number of hydrazine groups is 1. The van der Waals surface area contributed by atoms with Gasteiger partial charge in [0.1, 0.15) is 11.6 Å². The first-order valence-corrected chi connectivity index (χ1v) is 4.92. The maximum atomic E-state index is 5.35. The number of rotatable bonds is 3. The van der Waals surface area contributed by atoms with E-state index in [1.807, 2.05) is 30.3 Å². The van der Waals surface area contributed by atoms with Gasteiger partial charge >= 0.3 is 0 Å². The summed E-state index contributed by atoms with van der Waals surface area (Å²) in [6, 6.07) is 11.5. The Morgan fingerprint density at radius 1 is 1.06 bits per heavy atom. The van der Waals surface area contributed by atoms with E-state index in [1.54, 1.807) is 13.1 Å². The van der Waals surface area contributed by atoms with Gasteiger partial charge in [0.25, 0.3) is 0 Å². The van der Waals surface area contributed by atoms with Gasteiger partial charge in [0, 0.05) is 18.7 Å². The minimum Gasteiger partial charge on any atom is -0.373 e. The molecule has 1 heterocycles. The third-order valence-electron chi connectivity index (χ3n) is 2.16. The van der Waals surface area contributed by atoms with Gasteiger partial charge < -0.3 is 10.7 Å². The predicted octanol–water partition coefficient (Wildman–Crippen LogP) is 1.47. The fraction of sp³-hybridized carbons (Fsp3) is 0.0909. The van der Waals surface area contributed by atoms with Gasteiger partial charge in [0.2, 0.25) is 0 Å². The van der Waals surface area contributed by atoms with Crippen LogP contribution in [-0.4, -0.2) is 17.0 Å². The van der Waals surface area contributed by atoms with E-state index in [0.29, 0.717) is 11.6 Å². The number of aromatic nitrogens is 2. The van der Waals surface area contributed by atoms with Crippen LogP contribution in [0.15, 0.2) is 36.4 Å².